The first kappa shape index (κ1) is 13.8. The largest absolute Gasteiger partial charge is 0.479 e. The molecule has 21 heavy (non-hydrogen) atoms. The molecule has 0 saturated carbocycles. The monoisotopic (exact) mass is 306 g/mol. The number of ether oxygens (including phenoxy) is 1. The smallest absolute Gasteiger partial charge is 0.245 e. The SMILES string of the molecule is COc1ncnc2c1nc(C(C)Cl)n2-c1cn(C)nc1C. The molecule has 0 fully saturated rings. The molecule has 0 aliphatic carbocycles. The van der Waals surface area contributed by atoms with Crippen LogP contribution in [-0.4, -0.2) is 36.4 Å². The van der Waals surface area contributed by atoms with E-state index in [0.29, 0.717) is 22.9 Å². The van der Waals surface area contributed by atoms with Crippen molar-refractivity contribution >= 4 is 22.8 Å². The Labute approximate surface area is 126 Å². The van der Waals surface area contributed by atoms with Gasteiger partial charge in [0.15, 0.2) is 11.2 Å². The molecule has 0 aliphatic rings. The summed E-state index contributed by atoms with van der Waals surface area (Å²) in [5.41, 5.74) is 3.00. The molecule has 3 aromatic heterocycles. The van der Waals surface area contributed by atoms with Gasteiger partial charge in [0.25, 0.3) is 0 Å². The van der Waals surface area contributed by atoms with Gasteiger partial charge in [-0.05, 0) is 13.8 Å². The summed E-state index contributed by atoms with van der Waals surface area (Å²) in [6, 6.07) is 0. The number of halogens is 1. The molecule has 0 radical (unpaired) electrons. The summed E-state index contributed by atoms with van der Waals surface area (Å²) in [5.74, 6) is 1.11. The predicted molar refractivity (Wildman–Crippen MR) is 79.0 cm³/mol. The second kappa shape index (κ2) is 5.00. The average molecular weight is 307 g/mol. The van der Waals surface area contributed by atoms with Crippen LogP contribution in [0.1, 0.15) is 23.8 Å². The molecule has 110 valence electrons. The third kappa shape index (κ3) is 2.13. The normalized spacial score (nSPS) is 12.8. The molecule has 0 saturated heterocycles. The van der Waals surface area contributed by atoms with Crippen molar-refractivity contribution in [3.05, 3.63) is 24.0 Å². The zero-order valence-electron chi connectivity index (χ0n) is 12.2. The van der Waals surface area contributed by atoms with Crippen molar-refractivity contribution in [1.29, 1.82) is 0 Å². The maximum Gasteiger partial charge on any atom is 0.245 e. The number of aromatic nitrogens is 6. The molecule has 0 amide bonds. The Morgan fingerprint density at radius 2 is 2.10 bits per heavy atom. The van der Waals surface area contributed by atoms with Crippen LogP contribution in [0.2, 0.25) is 0 Å². The van der Waals surface area contributed by atoms with Crippen molar-refractivity contribution < 1.29 is 4.74 Å². The van der Waals surface area contributed by atoms with Crippen LogP contribution >= 0.6 is 11.6 Å². The summed E-state index contributed by atoms with van der Waals surface area (Å²) >= 11 is 6.28. The van der Waals surface area contributed by atoms with Gasteiger partial charge in [-0.2, -0.15) is 10.1 Å². The molecule has 7 nitrogen and oxygen atoms in total. The lowest BCUT2D eigenvalue weighted by atomic mass is 10.3. The van der Waals surface area contributed by atoms with Crippen LogP contribution in [0.25, 0.3) is 16.9 Å². The molecule has 1 atom stereocenters. The Kier molecular flexibility index (Phi) is 3.29. The lowest BCUT2D eigenvalue weighted by Gasteiger charge is -2.08. The standard InChI is InChI=1S/C13H15ClN6O/c1-7(14)11-17-10-12(15-6-16-13(10)21-4)20(11)9-5-19(3)18-8(9)2/h5-7H,1-4H3. The van der Waals surface area contributed by atoms with Crippen molar-refractivity contribution in [2.24, 2.45) is 7.05 Å². The van der Waals surface area contributed by atoms with E-state index in [9.17, 15) is 0 Å². The Morgan fingerprint density at radius 3 is 2.67 bits per heavy atom. The first-order chi connectivity index (χ1) is 10.0. The van der Waals surface area contributed by atoms with Crippen molar-refractivity contribution in [2.75, 3.05) is 7.11 Å². The van der Waals surface area contributed by atoms with Gasteiger partial charge in [-0.3, -0.25) is 9.25 Å². The van der Waals surface area contributed by atoms with E-state index in [0.717, 1.165) is 11.4 Å². The molecular formula is C13H15ClN6O. The first-order valence-corrected chi connectivity index (χ1v) is 6.88. The highest BCUT2D eigenvalue weighted by Crippen LogP contribution is 2.30. The van der Waals surface area contributed by atoms with Crippen LogP contribution in [0.4, 0.5) is 0 Å². The third-order valence-corrected chi connectivity index (χ3v) is 3.41. The fraction of sp³-hybridized carbons (Fsp3) is 0.385. The molecular weight excluding hydrogens is 292 g/mol. The summed E-state index contributed by atoms with van der Waals surface area (Å²) in [4.78, 5) is 13.0. The minimum absolute atomic E-state index is 0.288. The number of rotatable bonds is 3. The van der Waals surface area contributed by atoms with Crippen molar-refractivity contribution in [1.82, 2.24) is 29.3 Å². The second-order valence-corrected chi connectivity index (χ2v) is 5.40. The van der Waals surface area contributed by atoms with E-state index < -0.39 is 0 Å². The Morgan fingerprint density at radius 1 is 1.33 bits per heavy atom. The van der Waals surface area contributed by atoms with Gasteiger partial charge in [0.05, 0.1) is 23.9 Å². The number of fused-ring (bicyclic) bond motifs is 1. The lowest BCUT2D eigenvalue weighted by molar-refractivity contribution is 0.401. The third-order valence-electron chi connectivity index (χ3n) is 3.21. The summed E-state index contributed by atoms with van der Waals surface area (Å²) in [7, 11) is 3.43. The number of alkyl halides is 1. The van der Waals surface area contributed by atoms with Crippen LogP contribution in [0.3, 0.4) is 0 Å². The fourth-order valence-electron chi connectivity index (χ4n) is 2.35. The van der Waals surface area contributed by atoms with E-state index in [1.54, 1.807) is 11.8 Å². The molecule has 0 N–H and O–H groups in total. The van der Waals surface area contributed by atoms with Gasteiger partial charge < -0.3 is 4.74 Å². The lowest BCUT2D eigenvalue weighted by Crippen LogP contribution is -2.03. The van der Waals surface area contributed by atoms with Crippen LogP contribution in [0.5, 0.6) is 5.88 Å². The van der Waals surface area contributed by atoms with Crippen molar-refractivity contribution in [3.63, 3.8) is 0 Å². The number of imidazole rings is 1. The quantitative estimate of drug-likeness (QED) is 0.694. The maximum atomic E-state index is 6.28. The molecule has 3 aromatic rings. The van der Waals surface area contributed by atoms with E-state index in [4.69, 9.17) is 16.3 Å². The molecule has 1 unspecified atom stereocenters. The summed E-state index contributed by atoms with van der Waals surface area (Å²) < 4.78 is 8.91. The predicted octanol–water partition coefficient (Wildman–Crippen LogP) is 2.17. The van der Waals surface area contributed by atoms with Gasteiger partial charge in [-0.15, -0.1) is 11.6 Å². The van der Waals surface area contributed by atoms with Crippen LogP contribution in [0.15, 0.2) is 12.5 Å². The highest BCUT2D eigenvalue weighted by molar-refractivity contribution is 6.20. The molecule has 3 rings (SSSR count). The summed E-state index contributed by atoms with van der Waals surface area (Å²) in [5, 5.41) is 4.08. The number of methoxy groups -OCH3 is 1. The maximum absolute atomic E-state index is 6.28. The number of aryl methyl sites for hydroxylation is 2. The molecule has 0 spiro atoms. The number of hydrogen-bond donors (Lipinski definition) is 0. The van der Waals surface area contributed by atoms with E-state index in [1.807, 2.05) is 31.7 Å². The summed E-state index contributed by atoms with van der Waals surface area (Å²) in [6.45, 7) is 3.80. The molecule has 3 heterocycles. The highest BCUT2D eigenvalue weighted by Gasteiger charge is 2.22. The molecule has 8 heteroatoms. The van der Waals surface area contributed by atoms with Gasteiger partial charge in [-0.25, -0.2) is 9.97 Å². The Hall–Kier alpha value is -2.15. The van der Waals surface area contributed by atoms with E-state index >= 15 is 0 Å². The molecule has 0 aliphatic heterocycles. The van der Waals surface area contributed by atoms with Crippen LogP contribution in [0, 0.1) is 6.92 Å². The minimum Gasteiger partial charge on any atom is -0.479 e. The van der Waals surface area contributed by atoms with E-state index in [2.05, 4.69) is 20.1 Å². The highest BCUT2D eigenvalue weighted by atomic mass is 35.5. The molecule has 0 bridgehead atoms. The van der Waals surface area contributed by atoms with Gasteiger partial charge in [-0.1, -0.05) is 0 Å². The average Bonchev–Trinajstić information content (AvgIpc) is 2.98. The Balaban J connectivity index is 2.39. The Bertz CT molecular complexity index is 806. The topological polar surface area (TPSA) is 70.7 Å². The van der Waals surface area contributed by atoms with Gasteiger partial charge in [0, 0.05) is 13.2 Å². The zero-order valence-corrected chi connectivity index (χ0v) is 13.0. The van der Waals surface area contributed by atoms with Gasteiger partial charge in [0.2, 0.25) is 5.88 Å². The zero-order chi connectivity index (χ0) is 15.1. The van der Waals surface area contributed by atoms with Crippen LogP contribution in [-0.2, 0) is 7.05 Å². The number of hydrogen-bond acceptors (Lipinski definition) is 5. The molecule has 0 aromatic carbocycles. The second-order valence-electron chi connectivity index (χ2n) is 4.75. The fourth-order valence-corrected chi connectivity index (χ4v) is 2.50. The van der Waals surface area contributed by atoms with E-state index in [-0.39, 0.29) is 5.38 Å². The van der Waals surface area contributed by atoms with E-state index in [1.165, 1.54) is 6.33 Å². The first-order valence-electron chi connectivity index (χ1n) is 6.45. The summed E-state index contributed by atoms with van der Waals surface area (Å²) in [6.07, 6.45) is 3.36. The van der Waals surface area contributed by atoms with Crippen molar-refractivity contribution in [3.8, 4) is 11.6 Å². The minimum atomic E-state index is -0.288. The van der Waals surface area contributed by atoms with Crippen molar-refractivity contribution in [2.45, 2.75) is 19.2 Å². The van der Waals surface area contributed by atoms with Gasteiger partial charge in [0.1, 0.15) is 12.2 Å². The van der Waals surface area contributed by atoms with Gasteiger partial charge >= 0.3 is 0 Å². The number of nitrogens with zero attached hydrogens (tertiary/aromatic N) is 6. The van der Waals surface area contributed by atoms with Crippen LogP contribution < -0.4 is 4.74 Å².